The van der Waals surface area contributed by atoms with Crippen molar-refractivity contribution in [3.8, 4) is 0 Å². The topological polar surface area (TPSA) is 93.7 Å². The van der Waals surface area contributed by atoms with Crippen molar-refractivity contribution >= 4 is 18.0 Å². The lowest BCUT2D eigenvalue weighted by molar-refractivity contribution is -0.148. The van der Waals surface area contributed by atoms with Gasteiger partial charge in [0.1, 0.15) is 5.60 Å². The molecule has 1 aliphatic heterocycles. The molecule has 1 heterocycles. The van der Waals surface area contributed by atoms with Crippen LogP contribution >= 0.6 is 0 Å². The van der Waals surface area contributed by atoms with Gasteiger partial charge >= 0.3 is 12.1 Å². The number of carbonyl (C=O) groups is 3. The molecule has 0 spiro atoms. The van der Waals surface area contributed by atoms with Crippen LogP contribution in [0.5, 0.6) is 0 Å². The molecule has 19 heavy (non-hydrogen) atoms. The molecule has 1 fully saturated rings. The summed E-state index contributed by atoms with van der Waals surface area (Å²) < 4.78 is 9.74. The molecule has 1 saturated heterocycles. The van der Waals surface area contributed by atoms with Gasteiger partial charge < -0.3 is 20.1 Å². The summed E-state index contributed by atoms with van der Waals surface area (Å²) in [7, 11) is 1.24. The predicted octanol–water partition coefficient (Wildman–Crippen LogP) is 0.333. The molecule has 1 rings (SSSR count). The van der Waals surface area contributed by atoms with Gasteiger partial charge in [0.25, 0.3) is 0 Å². The summed E-state index contributed by atoms with van der Waals surface area (Å²) >= 11 is 0. The Bertz CT molecular complexity index is 388. The highest BCUT2D eigenvalue weighted by Gasteiger charge is 2.46. The van der Waals surface area contributed by atoms with E-state index in [4.69, 9.17) is 4.74 Å². The standard InChI is InChI=1S/C12H20N2O5/c1-11(2,3)19-10(17)13-7-12(9(16)18-4)6-5-8(15)14-12/h5-7H2,1-4H3,(H,13,17)(H,14,15). The number of carbonyl (C=O) groups excluding carboxylic acids is 3. The second-order valence-electron chi connectivity index (χ2n) is 5.48. The highest BCUT2D eigenvalue weighted by atomic mass is 16.6. The minimum atomic E-state index is -1.19. The van der Waals surface area contributed by atoms with E-state index in [0.717, 1.165) is 0 Å². The third-order valence-electron chi connectivity index (χ3n) is 2.67. The van der Waals surface area contributed by atoms with E-state index in [9.17, 15) is 14.4 Å². The number of rotatable bonds is 3. The summed E-state index contributed by atoms with van der Waals surface area (Å²) in [6, 6.07) is 0. The van der Waals surface area contributed by atoms with Gasteiger partial charge in [-0.25, -0.2) is 9.59 Å². The molecule has 1 aliphatic rings. The molecular weight excluding hydrogens is 252 g/mol. The molecule has 0 radical (unpaired) electrons. The van der Waals surface area contributed by atoms with Crippen LogP contribution in [0, 0.1) is 0 Å². The quantitative estimate of drug-likeness (QED) is 0.722. The summed E-state index contributed by atoms with van der Waals surface area (Å²) in [5.74, 6) is -0.814. The number of hydrogen-bond donors (Lipinski definition) is 2. The van der Waals surface area contributed by atoms with Crippen LogP contribution in [-0.2, 0) is 19.1 Å². The summed E-state index contributed by atoms with van der Waals surface area (Å²) in [5.41, 5.74) is -1.82. The van der Waals surface area contributed by atoms with E-state index in [1.807, 2.05) is 0 Å². The fraction of sp³-hybridized carbons (Fsp3) is 0.750. The van der Waals surface area contributed by atoms with Crippen LogP contribution in [0.1, 0.15) is 33.6 Å². The molecule has 7 nitrogen and oxygen atoms in total. The van der Waals surface area contributed by atoms with E-state index in [1.165, 1.54) is 7.11 Å². The SMILES string of the molecule is COC(=O)C1(CNC(=O)OC(C)(C)C)CCC(=O)N1. The van der Waals surface area contributed by atoms with Gasteiger partial charge in [-0.2, -0.15) is 0 Å². The van der Waals surface area contributed by atoms with E-state index in [0.29, 0.717) is 0 Å². The minimum Gasteiger partial charge on any atom is -0.467 e. The van der Waals surface area contributed by atoms with E-state index >= 15 is 0 Å². The van der Waals surface area contributed by atoms with Gasteiger partial charge in [0.15, 0.2) is 5.54 Å². The molecule has 0 aromatic heterocycles. The summed E-state index contributed by atoms with van der Waals surface area (Å²) in [6.07, 6.45) is -0.128. The van der Waals surface area contributed by atoms with Crippen LogP contribution in [0.2, 0.25) is 0 Å². The number of ether oxygens (including phenoxy) is 2. The van der Waals surface area contributed by atoms with Gasteiger partial charge in [0.05, 0.1) is 13.7 Å². The lowest BCUT2D eigenvalue weighted by Crippen LogP contribution is -2.57. The Morgan fingerprint density at radius 1 is 1.42 bits per heavy atom. The Balaban J connectivity index is 2.63. The largest absolute Gasteiger partial charge is 0.467 e. The number of hydrogen-bond acceptors (Lipinski definition) is 5. The molecule has 0 bridgehead atoms. The zero-order valence-corrected chi connectivity index (χ0v) is 11.7. The molecule has 0 aromatic carbocycles. The van der Waals surface area contributed by atoms with Crippen LogP contribution in [0.15, 0.2) is 0 Å². The molecule has 1 atom stereocenters. The van der Waals surface area contributed by atoms with Crippen molar-refractivity contribution in [2.45, 2.75) is 44.8 Å². The predicted molar refractivity (Wildman–Crippen MR) is 66.4 cm³/mol. The van der Waals surface area contributed by atoms with Gasteiger partial charge in [-0.15, -0.1) is 0 Å². The van der Waals surface area contributed by atoms with Gasteiger partial charge in [-0.1, -0.05) is 0 Å². The Morgan fingerprint density at radius 3 is 2.47 bits per heavy atom. The fourth-order valence-corrected chi connectivity index (χ4v) is 1.81. The smallest absolute Gasteiger partial charge is 0.407 e. The molecule has 2 amide bonds. The molecule has 108 valence electrons. The third kappa shape index (κ3) is 4.11. The van der Waals surface area contributed by atoms with E-state index in [-0.39, 0.29) is 25.3 Å². The van der Waals surface area contributed by atoms with Crippen molar-refractivity contribution in [1.29, 1.82) is 0 Å². The highest BCUT2D eigenvalue weighted by Crippen LogP contribution is 2.21. The molecule has 2 N–H and O–H groups in total. The second kappa shape index (κ2) is 5.46. The number of amides is 2. The Morgan fingerprint density at radius 2 is 2.05 bits per heavy atom. The number of methoxy groups -OCH3 is 1. The highest BCUT2D eigenvalue weighted by molar-refractivity contribution is 5.92. The van der Waals surface area contributed by atoms with Crippen LogP contribution < -0.4 is 10.6 Å². The monoisotopic (exact) mass is 272 g/mol. The van der Waals surface area contributed by atoms with Crippen LogP contribution in [0.25, 0.3) is 0 Å². The molecular formula is C12H20N2O5. The summed E-state index contributed by atoms with van der Waals surface area (Å²) in [4.78, 5) is 34.6. The van der Waals surface area contributed by atoms with Crippen LogP contribution in [-0.4, -0.2) is 42.8 Å². The van der Waals surface area contributed by atoms with Crippen molar-refractivity contribution in [2.75, 3.05) is 13.7 Å². The van der Waals surface area contributed by atoms with Crippen molar-refractivity contribution in [3.63, 3.8) is 0 Å². The summed E-state index contributed by atoms with van der Waals surface area (Å²) in [6.45, 7) is 5.15. The average Bonchev–Trinajstić information content (AvgIpc) is 2.66. The molecule has 0 aliphatic carbocycles. The Hall–Kier alpha value is -1.79. The second-order valence-corrected chi connectivity index (χ2v) is 5.48. The normalized spacial score (nSPS) is 22.6. The van der Waals surface area contributed by atoms with Crippen molar-refractivity contribution in [1.82, 2.24) is 10.6 Å². The Kier molecular flexibility index (Phi) is 4.39. The lowest BCUT2D eigenvalue weighted by atomic mass is 9.98. The first-order chi connectivity index (χ1) is 8.68. The molecule has 0 saturated carbocycles. The first-order valence-electron chi connectivity index (χ1n) is 6.05. The van der Waals surface area contributed by atoms with Gasteiger partial charge in [-0.3, -0.25) is 4.79 Å². The number of nitrogens with one attached hydrogen (secondary N) is 2. The van der Waals surface area contributed by atoms with Crippen LogP contribution in [0.4, 0.5) is 4.79 Å². The lowest BCUT2D eigenvalue weighted by Gasteiger charge is -2.27. The first kappa shape index (κ1) is 15.3. The van der Waals surface area contributed by atoms with E-state index < -0.39 is 23.2 Å². The number of esters is 1. The maximum atomic E-state index is 11.8. The third-order valence-corrected chi connectivity index (χ3v) is 2.67. The zero-order chi connectivity index (χ0) is 14.7. The minimum absolute atomic E-state index is 0.0552. The Labute approximate surface area is 112 Å². The summed E-state index contributed by atoms with van der Waals surface area (Å²) in [5, 5.41) is 5.03. The van der Waals surface area contributed by atoms with E-state index in [2.05, 4.69) is 15.4 Å². The van der Waals surface area contributed by atoms with E-state index in [1.54, 1.807) is 20.8 Å². The van der Waals surface area contributed by atoms with Crippen molar-refractivity contribution in [2.24, 2.45) is 0 Å². The van der Waals surface area contributed by atoms with Gasteiger partial charge in [0, 0.05) is 6.42 Å². The van der Waals surface area contributed by atoms with Gasteiger partial charge in [-0.05, 0) is 27.2 Å². The average molecular weight is 272 g/mol. The molecule has 7 heteroatoms. The first-order valence-corrected chi connectivity index (χ1v) is 6.05. The molecule has 1 unspecified atom stereocenters. The van der Waals surface area contributed by atoms with Crippen molar-refractivity contribution < 1.29 is 23.9 Å². The fourth-order valence-electron chi connectivity index (χ4n) is 1.81. The molecule has 0 aromatic rings. The zero-order valence-electron chi connectivity index (χ0n) is 11.7. The maximum absolute atomic E-state index is 11.8. The van der Waals surface area contributed by atoms with Crippen molar-refractivity contribution in [3.05, 3.63) is 0 Å². The van der Waals surface area contributed by atoms with Crippen LogP contribution in [0.3, 0.4) is 0 Å². The maximum Gasteiger partial charge on any atom is 0.407 e. The number of alkyl carbamates (subject to hydrolysis) is 1. The van der Waals surface area contributed by atoms with Gasteiger partial charge in [0.2, 0.25) is 5.91 Å².